The Hall–Kier alpha value is -0.120. The molecule has 1 saturated heterocycles. The van der Waals surface area contributed by atoms with Crippen LogP contribution in [-0.4, -0.2) is 13.1 Å². The van der Waals surface area contributed by atoms with Crippen molar-refractivity contribution in [2.24, 2.45) is 5.41 Å². The predicted molar refractivity (Wildman–Crippen MR) is 36.0 cm³/mol. The molecule has 0 spiro atoms. The van der Waals surface area contributed by atoms with Gasteiger partial charge in [0.2, 0.25) is 0 Å². The summed E-state index contributed by atoms with van der Waals surface area (Å²) in [5, 5.41) is 0. The first-order chi connectivity index (χ1) is 4.58. The van der Waals surface area contributed by atoms with Gasteiger partial charge >= 0.3 is 5.97 Å². The molecule has 0 unspecified atom stereocenters. The van der Waals surface area contributed by atoms with Crippen molar-refractivity contribution in [2.45, 2.75) is 33.2 Å². The minimum absolute atomic E-state index is 0.0677. The lowest BCUT2D eigenvalue weighted by atomic mass is 9.88. The highest BCUT2D eigenvalue weighted by atomic mass is 17.5. The molecular weight excluding hydrogens is 132 g/mol. The third-order valence-corrected chi connectivity index (χ3v) is 2.22. The van der Waals surface area contributed by atoms with Crippen molar-refractivity contribution in [1.82, 2.24) is 0 Å². The molecule has 3 heteroatoms. The second kappa shape index (κ2) is 2.19. The van der Waals surface area contributed by atoms with E-state index in [4.69, 9.17) is 14.5 Å². The highest BCUT2D eigenvalue weighted by Crippen LogP contribution is 2.48. The Morgan fingerprint density at radius 3 is 2.00 bits per heavy atom. The molecule has 60 valence electrons. The van der Waals surface area contributed by atoms with Gasteiger partial charge in [-0.05, 0) is 6.42 Å². The summed E-state index contributed by atoms with van der Waals surface area (Å²) in [6, 6.07) is 0. The van der Waals surface area contributed by atoms with E-state index in [0.717, 1.165) is 6.42 Å². The monoisotopic (exact) mass is 146 g/mol. The molecule has 3 nitrogen and oxygen atoms in total. The van der Waals surface area contributed by atoms with Gasteiger partial charge in [-0.3, -0.25) is 0 Å². The van der Waals surface area contributed by atoms with Crippen molar-refractivity contribution in [3.05, 3.63) is 0 Å². The summed E-state index contributed by atoms with van der Waals surface area (Å²) in [5.41, 5.74) is -0.0677. The maximum absolute atomic E-state index is 5.06. The van der Waals surface area contributed by atoms with Gasteiger partial charge in [0.1, 0.15) is 0 Å². The first-order valence-electron chi connectivity index (χ1n) is 3.50. The van der Waals surface area contributed by atoms with Crippen LogP contribution in [0.15, 0.2) is 0 Å². The average molecular weight is 146 g/mol. The first kappa shape index (κ1) is 7.98. The van der Waals surface area contributed by atoms with E-state index in [1.807, 2.05) is 13.8 Å². The molecule has 10 heavy (non-hydrogen) atoms. The molecule has 0 aromatic heterocycles. The minimum atomic E-state index is -0.762. The van der Waals surface area contributed by atoms with E-state index in [9.17, 15) is 0 Å². The Morgan fingerprint density at radius 1 is 1.40 bits per heavy atom. The number of ether oxygens (including phenoxy) is 1. The van der Waals surface area contributed by atoms with Gasteiger partial charge in [0, 0.05) is 7.11 Å². The summed E-state index contributed by atoms with van der Waals surface area (Å²) < 4.78 is 5.06. The predicted octanol–water partition coefficient (Wildman–Crippen LogP) is 1.68. The summed E-state index contributed by atoms with van der Waals surface area (Å²) in [5.74, 6) is -0.762. The van der Waals surface area contributed by atoms with Gasteiger partial charge in [0.05, 0.1) is 5.41 Å². The standard InChI is InChI=1S/C7H14O3/c1-5-6(2,3)7(8-4)9-10-7/h5H2,1-4H3. The Kier molecular flexibility index (Phi) is 1.75. The van der Waals surface area contributed by atoms with Crippen LogP contribution >= 0.6 is 0 Å². The zero-order valence-corrected chi connectivity index (χ0v) is 6.93. The van der Waals surface area contributed by atoms with E-state index in [-0.39, 0.29) is 5.41 Å². The Bertz CT molecular complexity index is 123. The number of rotatable bonds is 3. The maximum Gasteiger partial charge on any atom is 0.344 e. The SMILES string of the molecule is CCC(C)(C)C1(OC)OO1. The van der Waals surface area contributed by atoms with Gasteiger partial charge < -0.3 is 4.74 Å². The third-order valence-electron chi connectivity index (χ3n) is 2.22. The normalized spacial score (nSPS) is 22.8. The van der Waals surface area contributed by atoms with Crippen molar-refractivity contribution >= 4 is 0 Å². The van der Waals surface area contributed by atoms with Gasteiger partial charge in [-0.25, -0.2) is 0 Å². The second-order valence-corrected chi connectivity index (χ2v) is 3.16. The first-order valence-corrected chi connectivity index (χ1v) is 3.50. The third kappa shape index (κ3) is 0.944. The molecule has 0 amide bonds. The van der Waals surface area contributed by atoms with Crippen molar-refractivity contribution in [3.8, 4) is 0 Å². The van der Waals surface area contributed by atoms with Gasteiger partial charge in [0.15, 0.2) is 0 Å². The van der Waals surface area contributed by atoms with E-state index >= 15 is 0 Å². The molecule has 1 rings (SSSR count). The topological polar surface area (TPSA) is 34.3 Å². The Balaban J connectivity index is 2.62. The van der Waals surface area contributed by atoms with Crippen LogP contribution in [0.5, 0.6) is 0 Å². The highest BCUT2D eigenvalue weighted by molar-refractivity contribution is 4.81. The van der Waals surface area contributed by atoms with Gasteiger partial charge in [-0.1, -0.05) is 20.8 Å². The lowest BCUT2D eigenvalue weighted by Gasteiger charge is -2.24. The lowest BCUT2D eigenvalue weighted by molar-refractivity contribution is -0.110. The van der Waals surface area contributed by atoms with Crippen LogP contribution in [0, 0.1) is 5.41 Å². The molecule has 1 aliphatic rings. The Labute approximate surface area is 61.2 Å². The Morgan fingerprint density at radius 2 is 1.90 bits per heavy atom. The summed E-state index contributed by atoms with van der Waals surface area (Å²) in [4.78, 5) is 9.56. The van der Waals surface area contributed by atoms with E-state index in [1.54, 1.807) is 7.11 Å². The van der Waals surface area contributed by atoms with Crippen LogP contribution < -0.4 is 0 Å². The van der Waals surface area contributed by atoms with Crippen molar-refractivity contribution < 1.29 is 14.5 Å². The number of methoxy groups -OCH3 is 1. The molecule has 0 bridgehead atoms. The van der Waals surface area contributed by atoms with E-state index < -0.39 is 5.97 Å². The van der Waals surface area contributed by atoms with Crippen molar-refractivity contribution in [3.63, 3.8) is 0 Å². The zero-order chi connectivity index (χ0) is 7.83. The molecule has 0 N–H and O–H groups in total. The summed E-state index contributed by atoms with van der Waals surface area (Å²) in [6.45, 7) is 6.17. The quantitative estimate of drug-likeness (QED) is 0.448. The number of hydrogen-bond donors (Lipinski definition) is 0. The largest absolute Gasteiger partial charge is 0.344 e. The molecule has 1 heterocycles. The number of hydrogen-bond acceptors (Lipinski definition) is 3. The fourth-order valence-electron chi connectivity index (χ4n) is 0.824. The molecule has 0 aromatic rings. The van der Waals surface area contributed by atoms with Crippen LogP contribution in [0.3, 0.4) is 0 Å². The van der Waals surface area contributed by atoms with Crippen molar-refractivity contribution in [1.29, 1.82) is 0 Å². The van der Waals surface area contributed by atoms with Crippen LogP contribution in [0.25, 0.3) is 0 Å². The molecule has 0 radical (unpaired) electrons. The minimum Gasteiger partial charge on any atom is -0.327 e. The van der Waals surface area contributed by atoms with Crippen LogP contribution in [0.1, 0.15) is 27.2 Å². The summed E-state index contributed by atoms with van der Waals surface area (Å²) in [7, 11) is 1.59. The molecule has 1 fully saturated rings. The van der Waals surface area contributed by atoms with Gasteiger partial charge in [-0.2, -0.15) is 9.78 Å². The molecule has 0 aliphatic carbocycles. The fourth-order valence-corrected chi connectivity index (χ4v) is 0.824. The molecular formula is C7H14O3. The smallest absolute Gasteiger partial charge is 0.327 e. The van der Waals surface area contributed by atoms with Gasteiger partial charge in [-0.15, -0.1) is 0 Å². The van der Waals surface area contributed by atoms with E-state index in [0.29, 0.717) is 0 Å². The molecule has 0 saturated carbocycles. The molecule has 0 atom stereocenters. The fraction of sp³-hybridized carbons (Fsp3) is 1.00. The van der Waals surface area contributed by atoms with E-state index in [2.05, 4.69) is 6.92 Å². The van der Waals surface area contributed by atoms with Crippen molar-refractivity contribution in [2.75, 3.05) is 7.11 Å². The maximum atomic E-state index is 5.06. The second-order valence-electron chi connectivity index (χ2n) is 3.16. The van der Waals surface area contributed by atoms with E-state index in [1.165, 1.54) is 0 Å². The lowest BCUT2D eigenvalue weighted by Crippen LogP contribution is -2.33. The highest BCUT2D eigenvalue weighted by Gasteiger charge is 2.61. The van der Waals surface area contributed by atoms with Crippen LogP contribution in [-0.2, 0) is 14.5 Å². The summed E-state index contributed by atoms with van der Waals surface area (Å²) >= 11 is 0. The molecule has 0 aromatic carbocycles. The zero-order valence-electron chi connectivity index (χ0n) is 6.93. The van der Waals surface area contributed by atoms with Gasteiger partial charge in [0.25, 0.3) is 0 Å². The van der Waals surface area contributed by atoms with Crippen LogP contribution in [0.4, 0.5) is 0 Å². The molecule has 1 aliphatic heterocycles. The van der Waals surface area contributed by atoms with Crippen LogP contribution in [0.2, 0.25) is 0 Å². The average Bonchev–Trinajstić information content (AvgIpc) is 2.67. The summed E-state index contributed by atoms with van der Waals surface area (Å²) in [6.07, 6.45) is 0.959.